The van der Waals surface area contributed by atoms with Crippen molar-refractivity contribution in [2.75, 3.05) is 6.54 Å². The lowest BCUT2D eigenvalue weighted by molar-refractivity contribution is 0.0910. The Bertz CT molecular complexity index is 439. The second-order valence-electron chi connectivity index (χ2n) is 5.35. The Labute approximate surface area is 106 Å². The zero-order valence-corrected chi connectivity index (χ0v) is 10.6. The zero-order valence-electron chi connectivity index (χ0n) is 10.6. The van der Waals surface area contributed by atoms with Gasteiger partial charge in [0.15, 0.2) is 5.69 Å². The Morgan fingerprint density at radius 1 is 1.50 bits per heavy atom. The molecule has 18 heavy (non-hydrogen) atoms. The number of amides is 1. The van der Waals surface area contributed by atoms with Crippen LogP contribution in [-0.2, 0) is 0 Å². The van der Waals surface area contributed by atoms with E-state index in [4.69, 9.17) is 4.52 Å². The van der Waals surface area contributed by atoms with Crippen LogP contribution < -0.4 is 10.6 Å². The summed E-state index contributed by atoms with van der Waals surface area (Å²) in [5, 5.41) is 10.3. The van der Waals surface area contributed by atoms with Crippen LogP contribution in [0.1, 0.15) is 54.8 Å². The average molecular weight is 249 g/mol. The second-order valence-corrected chi connectivity index (χ2v) is 5.35. The maximum Gasteiger partial charge on any atom is 0.273 e. The molecule has 5 nitrogen and oxygen atoms in total. The molecular formula is C13H19N3O2. The van der Waals surface area contributed by atoms with Gasteiger partial charge in [0.25, 0.3) is 5.91 Å². The first-order chi connectivity index (χ1) is 8.74. The van der Waals surface area contributed by atoms with Crippen molar-refractivity contribution in [1.82, 2.24) is 15.8 Å². The summed E-state index contributed by atoms with van der Waals surface area (Å²) in [6.45, 7) is 3.13. The first kappa shape index (κ1) is 11.7. The summed E-state index contributed by atoms with van der Waals surface area (Å²) in [4.78, 5) is 12.1. The number of carbonyl (C=O) groups excluding carboxylic acids is 1. The van der Waals surface area contributed by atoms with Gasteiger partial charge in [-0.3, -0.25) is 4.79 Å². The van der Waals surface area contributed by atoms with E-state index in [0.717, 1.165) is 38.0 Å². The number of carbonyl (C=O) groups is 1. The van der Waals surface area contributed by atoms with Gasteiger partial charge in [-0.1, -0.05) is 5.16 Å². The minimum absolute atomic E-state index is 0.119. The molecule has 2 unspecified atom stereocenters. The van der Waals surface area contributed by atoms with Gasteiger partial charge in [-0.15, -0.1) is 0 Å². The highest BCUT2D eigenvalue weighted by Crippen LogP contribution is 2.40. The normalized spacial score (nSPS) is 28.1. The fourth-order valence-corrected chi connectivity index (χ4v) is 2.44. The molecule has 1 saturated heterocycles. The fraction of sp³-hybridized carbons (Fsp3) is 0.692. The van der Waals surface area contributed by atoms with E-state index < -0.39 is 0 Å². The molecule has 1 aliphatic carbocycles. The molecule has 1 aromatic heterocycles. The molecule has 1 amide bonds. The molecule has 0 bridgehead atoms. The van der Waals surface area contributed by atoms with Crippen LogP contribution in [0.5, 0.6) is 0 Å². The molecular weight excluding hydrogens is 230 g/mol. The van der Waals surface area contributed by atoms with Crippen molar-refractivity contribution < 1.29 is 9.32 Å². The number of hydrogen-bond acceptors (Lipinski definition) is 4. The molecule has 1 aliphatic heterocycles. The van der Waals surface area contributed by atoms with Gasteiger partial charge in [0.2, 0.25) is 0 Å². The standard InChI is InChI=1S/C13H19N3O2/c1-8-10(3-2-6-14-8)15-13(17)11-7-12(18-16-11)9-4-5-9/h7-10,14H,2-6H2,1H3,(H,15,17). The molecule has 1 saturated carbocycles. The minimum atomic E-state index is -0.119. The van der Waals surface area contributed by atoms with Crippen molar-refractivity contribution in [3.05, 3.63) is 17.5 Å². The van der Waals surface area contributed by atoms with Gasteiger partial charge in [-0.25, -0.2) is 0 Å². The van der Waals surface area contributed by atoms with E-state index in [1.807, 2.05) is 0 Å². The monoisotopic (exact) mass is 249 g/mol. The van der Waals surface area contributed by atoms with Gasteiger partial charge >= 0.3 is 0 Å². The molecule has 2 atom stereocenters. The number of aromatic nitrogens is 1. The Balaban J connectivity index is 1.62. The van der Waals surface area contributed by atoms with E-state index in [-0.39, 0.29) is 11.9 Å². The summed E-state index contributed by atoms with van der Waals surface area (Å²) >= 11 is 0. The summed E-state index contributed by atoms with van der Waals surface area (Å²) in [5.74, 6) is 1.23. The van der Waals surface area contributed by atoms with Gasteiger partial charge < -0.3 is 15.2 Å². The van der Waals surface area contributed by atoms with E-state index in [1.165, 1.54) is 0 Å². The summed E-state index contributed by atoms with van der Waals surface area (Å²) in [6.07, 6.45) is 4.42. The van der Waals surface area contributed by atoms with Gasteiger partial charge in [0, 0.05) is 24.1 Å². The third kappa shape index (κ3) is 2.41. The van der Waals surface area contributed by atoms with Crippen LogP contribution in [0.15, 0.2) is 10.6 Å². The molecule has 2 heterocycles. The molecule has 3 rings (SSSR count). The minimum Gasteiger partial charge on any atom is -0.360 e. The van der Waals surface area contributed by atoms with E-state index in [1.54, 1.807) is 6.07 Å². The van der Waals surface area contributed by atoms with Crippen LogP contribution in [0, 0.1) is 0 Å². The molecule has 2 fully saturated rings. The van der Waals surface area contributed by atoms with Crippen LogP contribution in [-0.4, -0.2) is 29.7 Å². The Kier molecular flexibility index (Phi) is 3.07. The number of piperidine rings is 1. The lowest BCUT2D eigenvalue weighted by Gasteiger charge is -2.30. The number of nitrogens with one attached hydrogen (secondary N) is 2. The van der Waals surface area contributed by atoms with Crippen LogP contribution in [0.3, 0.4) is 0 Å². The lowest BCUT2D eigenvalue weighted by atomic mass is 10.00. The molecule has 2 N–H and O–H groups in total. The maximum atomic E-state index is 12.1. The zero-order chi connectivity index (χ0) is 12.5. The molecule has 1 aromatic rings. The molecule has 0 spiro atoms. The van der Waals surface area contributed by atoms with Gasteiger partial charge in [0.1, 0.15) is 5.76 Å². The van der Waals surface area contributed by atoms with Crippen molar-refractivity contribution in [2.45, 2.75) is 50.6 Å². The number of rotatable bonds is 3. The Morgan fingerprint density at radius 3 is 3.06 bits per heavy atom. The summed E-state index contributed by atoms with van der Waals surface area (Å²) < 4.78 is 5.20. The summed E-state index contributed by atoms with van der Waals surface area (Å²) in [6, 6.07) is 2.29. The molecule has 5 heteroatoms. The predicted molar refractivity (Wildman–Crippen MR) is 66.4 cm³/mol. The van der Waals surface area contributed by atoms with Crippen molar-refractivity contribution in [3.63, 3.8) is 0 Å². The highest BCUT2D eigenvalue weighted by Gasteiger charge is 2.30. The van der Waals surface area contributed by atoms with Crippen molar-refractivity contribution in [3.8, 4) is 0 Å². The Hall–Kier alpha value is -1.36. The number of nitrogens with zero attached hydrogens (tertiary/aromatic N) is 1. The van der Waals surface area contributed by atoms with E-state index in [0.29, 0.717) is 17.7 Å². The SMILES string of the molecule is CC1NCCCC1NC(=O)c1cc(C2CC2)on1. The van der Waals surface area contributed by atoms with Crippen molar-refractivity contribution >= 4 is 5.91 Å². The average Bonchev–Trinajstić information content (AvgIpc) is 3.10. The van der Waals surface area contributed by atoms with Crippen LogP contribution in [0.25, 0.3) is 0 Å². The first-order valence-electron chi connectivity index (χ1n) is 6.75. The maximum absolute atomic E-state index is 12.1. The quantitative estimate of drug-likeness (QED) is 0.850. The molecule has 2 aliphatic rings. The van der Waals surface area contributed by atoms with Crippen LogP contribution in [0.2, 0.25) is 0 Å². The Morgan fingerprint density at radius 2 is 2.33 bits per heavy atom. The third-order valence-corrected chi connectivity index (χ3v) is 3.82. The summed E-state index contributed by atoms with van der Waals surface area (Å²) in [5.41, 5.74) is 0.412. The van der Waals surface area contributed by atoms with Gasteiger partial charge in [-0.2, -0.15) is 0 Å². The number of hydrogen-bond donors (Lipinski definition) is 2. The third-order valence-electron chi connectivity index (χ3n) is 3.82. The van der Waals surface area contributed by atoms with Gasteiger partial charge in [0.05, 0.1) is 0 Å². The highest BCUT2D eigenvalue weighted by molar-refractivity contribution is 5.92. The predicted octanol–water partition coefficient (Wildman–Crippen LogP) is 1.42. The largest absolute Gasteiger partial charge is 0.360 e. The van der Waals surface area contributed by atoms with Gasteiger partial charge in [-0.05, 0) is 39.2 Å². The molecule has 0 radical (unpaired) electrons. The van der Waals surface area contributed by atoms with Crippen LogP contribution in [0.4, 0.5) is 0 Å². The van der Waals surface area contributed by atoms with E-state index >= 15 is 0 Å². The highest BCUT2D eigenvalue weighted by atomic mass is 16.5. The van der Waals surface area contributed by atoms with Crippen LogP contribution >= 0.6 is 0 Å². The van der Waals surface area contributed by atoms with E-state index in [9.17, 15) is 4.79 Å². The molecule has 98 valence electrons. The van der Waals surface area contributed by atoms with Crippen molar-refractivity contribution in [2.24, 2.45) is 0 Å². The first-order valence-corrected chi connectivity index (χ1v) is 6.75. The summed E-state index contributed by atoms with van der Waals surface area (Å²) in [7, 11) is 0. The van der Waals surface area contributed by atoms with E-state index in [2.05, 4.69) is 22.7 Å². The fourth-order valence-electron chi connectivity index (χ4n) is 2.44. The second kappa shape index (κ2) is 4.72. The lowest BCUT2D eigenvalue weighted by Crippen LogP contribution is -2.51. The smallest absolute Gasteiger partial charge is 0.273 e. The van der Waals surface area contributed by atoms with Crippen molar-refractivity contribution in [1.29, 1.82) is 0 Å². The molecule has 0 aromatic carbocycles. The topological polar surface area (TPSA) is 67.2 Å².